The Kier molecular flexibility index (Phi) is 6.07. The van der Waals surface area contributed by atoms with Crippen LogP contribution in [-0.4, -0.2) is 28.5 Å². The monoisotopic (exact) mass is 415 g/mol. The van der Waals surface area contributed by atoms with Crippen LogP contribution < -0.4 is 4.90 Å². The predicted molar refractivity (Wildman–Crippen MR) is 118 cm³/mol. The second-order valence-electron chi connectivity index (χ2n) is 7.61. The molecule has 0 radical (unpaired) electrons. The summed E-state index contributed by atoms with van der Waals surface area (Å²) < 4.78 is 5.09. The number of carbonyl (C=O) groups is 2. The summed E-state index contributed by atoms with van der Waals surface area (Å²) in [6.45, 7) is 2.15. The molecule has 2 heterocycles. The lowest BCUT2D eigenvalue weighted by Gasteiger charge is -2.29. The molecule has 1 unspecified atom stereocenters. The zero-order valence-corrected chi connectivity index (χ0v) is 17.5. The third-order valence-electron chi connectivity index (χ3n) is 5.70. The lowest BCUT2D eigenvalue weighted by Crippen LogP contribution is -2.40. The van der Waals surface area contributed by atoms with Crippen LogP contribution in [0, 0.1) is 0 Å². The number of anilines is 2. The maximum absolute atomic E-state index is 14.1. The second kappa shape index (κ2) is 9.08. The molecule has 6 nitrogen and oxygen atoms in total. The van der Waals surface area contributed by atoms with Crippen LogP contribution >= 0.6 is 0 Å². The Balaban J connectivity index is 1.75. The molecule has 3 aromatic rings. The number of esters is 1. The van der Waals surface area contributed by atoms with Crippen molar-refractivity contribution in [3.8, 4) is 0 Å². The Morgan fingerprint density at radius 1 is 1.06 bits per heavy atom. The number of nitrogens with zero attached hydrogens (tertiary/aromatic N) is 3. The second-order valence-corrected chi connectivity index (χ2v) is 7.61. The first kappa shape index (κ1) is 20.7. The van der Waals surface area contributed by atoms with Crippen molar-refractivity contribution in [3.63, 3.8) is 0 Å². The number of aromatic nitrogens is 2. The minimum atomic E-state index is -0.812. The molecule has 0 bridgehead atoms. The highest BCUT2D eigenvalue weighted by Crippen LogP contribution is 2.49. The summed E-state index contributed by atoms with van der Waals surface area (Å²) >= 11 is 0. The van der Waals surface area contributed by atoms with Gasteiger partial charge in [-0.2, -0.15) is 0 Å². The maximum atomic E-state index is 14.1. The van der Waals surface area contributed by atoms with Crippen LogP contribution in [0.5, 0.6) is 0 Å². The maximum Gasteiger partial charge on any atom is 0.305 e. The van der Waals surface area contributed by atoms with E-state index in [9.17, 15) is 9.59 Å². The molecule has 31 heavy (non-hydrogen) atoms. The van der Waals surface area contributed by atoms with Crippen LogP contribution in [0.25, 0.3) is 0 Å². The molecule has 0 aliphatic carbocycles. The van der Waals surface area contributed by atoms with Gasteiger partial charge in [0.05, 0.1) is 17.7 Å². The van der Waals surface area contributed by atoms with E-state index in [-0.39, 0.29) is 18.3 Å². The van der Waals surface area contributed by atoms with Gasteiger partial charge in [-0.3, -0.25) is 14.5 Å². The minimum Gasteiger partial charge on any atom is -0.466 e. The van der Waals surface area contributed by atoms with Gasteiger partial charge in [0.1, 0.15) is 6.33 Å². The van der Waals surface area contributed by atoms with Gasteiger partial charge < -0.3 is 4.74 Å². The van der Waals surface area contributed by atoms with Crippen LogP contribution in [0.4, 0.5) is 11.4 Å². The summed E-state index contributed by atoms with van der Waals surface area (Å²) in [7, 11) is 0. The molecule has 0 fully saturated rings. The van der Waals surface area contributed by atoms with E-state index in [1.165, 1.54) is 6.33 Å². The van der Waals surface area contributed by atoms with Crippen LogP contribution in [0.2, 0.25) is 0 Å². The van der Waals surface area contributed by atoms with Crippen molar-refractivity contribution < 1.29 is 14.3 Å². The minimum absolute atomic E-state index is 0.00220. The van der Waals surface area contributed by atoms with Gasteiger partial charge in [0.2, 0.25) is 5.91 Å². The molecule has 1 atom stereocenters. The molecular weight excluding hydrogens is 390 g/mol. The number of fused-ring (bicyclic) bond motifs is 1. The van der Waals surface area contributed by atoms with Gasteiger partial charge in [-0.1, -0.05) is 36.4 Å². The molecule has 0 saturated heterocycles. The first-order chi connectivity index (χ1) is 15.2. The van der Waals surface area contributed by atoms with Crippen molar-refractivity contribution in [2.45, 2.75) is 38.0 Å². The van der Waals surface area contributed by atoms with Gasteiger partial charge in [0.25, 0.3) is 0 Å². The van der Waals surface area contributed by atoms with Gasteiger partial charge in [0, 0.05) is 30.4 Å². The summed E-state index contributed by atoms with van der Waals surface area (Å²) in [5.74, 6) is -0.235. The summed E-state index contributed by atoms with van der Waals surface area (Å²) in [4.78, 5) is 36.2. The zero-order chi connectivity index (χ0) is 21.7. The SMILES string of the molecule is CCOC(=O)CCCC1(Cc2ccncn2)C(=O)N(c2ccccc2)c2ccccc21. The van der Waals surface area contributed by atoms with E-state index < -0.39 is 5.41 Å². The average Bonchev–Trinajstić information content (AvgIpc) is 3.03. The van der Waals surface area contributed by atoms with E-state index in [1.807, 2.05) is 60.7 Å². The van der Waals surface area contributed by atoms with E-state index in [2.05, 4.69) is 9.97 Å². The quantitative estimate of drug-likeness (QED) is 0.511. The average molecular weight is 415 g/mol. The van der Waals surface area contributed by atoms with Gasteiger partial charge in [-0.05, 0) is 49.6 Å². The molecule has 0 spiro atoms. The molecule has 158 valence electrons. The fraction of sp³-hybridized carbons (Fsp3) is 0.280. The van der Waals surface area contributed by atoms with E-state index in [1.54, 1.807) is 18.0 Å². The van der Waals surface area contributed by atoms with Crippen LogP contribution in [0.3, 0.4) is 0 Å². The first-order valence-electron chi connectivity index (χ1n) is 10.6. The molecule has 2 aromatic carbocycles. The molecule has 4 rings (SSSR count). The normalized spacial score (nSPS) is 17.5. The topological polar surface area (TPSA) is 72.4 Å². The molecule has 1 aliphatic heterocycles. The fourth-order valence-corrected chi connectivity index (χ4v) is 4.35. The zero-order valence-electron chi connectivity index (χ0n) is 17.5. The third-order valence-corrected chi connectivity index (χ3v) is 5.70. The number of hydrogen-bond acceptors (Lipinski definition) is 5. The fourth-order valence-electron chi connectivity index (χ4n) is 4.35. The highest BCUT2D eigenvalue weighted by molar-refractivity contribution is 6.13. The molecular formula is C25H25N3O3. The van der Waals surface area contributed by atoms with E-state index in [0.717, 1.165) is 22.6 Å². The lowest BCUT2D eigenvalue weighted by molar-refractivity contribution is -0.143. The van der Waals surface area contributed by atoms with Crippen molar-refractivity contribution in [3.05, 3.63) is 84.4 Å². The number of benzene rings is 2. The largest absolute Gasteiger partial charge is 0.466 e. The van der Waals surface area contributed by atoms with Gasteiger partial charge in [-0.15, -0.1) is 0 Å². The molecule has 0 saturated carbocycles. The third kappa shape index (κ3) is 4.06. The number of amides is 1. The number of rotatable bonds is 8. The summed E-state index contributed by atoms with van der Waals surface area (Å²) in [6, 6.07) is 19.4. The standard InChI is InChI=1S/C25H25N3O3/c1-2-31-23(29)13-8-15-25(17-19-14-16-26-18-27-19)21-11-6-7-12-22(21)28(24(25)30)20-9-4-3-5-10-20/h3-7,9-12,14,16,18H,2,8,13,15,17H2,1H3. The highest BCUT2D eigenvalue weighted by atomic mass is 16.5. The van der Waals surface area contributed by atoms with E-state index in [0.29, 0.717) is 25.9 Å². The number of ether oxygens (including phenoxy) is 1. The Hall–Kier alpha value is -3.54. The van der Waals surface area contributed by atoms with Crippen molar-refractivity contribution in [1.82, 2.24) is 9.97 Å². The Morgan fingerprint density at radius 3 is 2.58 bits per heavy atom. The Morgan fingerprint density at radius 2 is 1.84 bits per heavy atom. The highest BCUT2D eigenvalue weighted by Gasteiger charge is 2.51. The smallest absolute Gasteiger partial charge is 0.305 e. The Bertz CT molecular complexity index is 1060. The summed E-state index contributed by atoms with van der Waals surface area (Å²) in [5, 5.41) is 0. The predicted octanol–water partition coefficient (Wildman–Crippen LogP) is 4.37. The number of hydrogen-bond donors (Lipinski definition) is 0. The van der Waals surface area contributed by atoms with Gasteiger partial charge in [0.15, 0.2) is 0 Å². The van der Waals surface area contributed by atoms with Crippen LogP contribution in [0.15, 0.2) is 73.2 Å². The van der Waals surface area contributed by atoms with Gasteiger partial charge in [-0.25, -0.2) is 9.97 Å². The molecule has 0 N–H and O–H groups in total. The van der Waals surface area contributed by atoms with Crippen molar-refractivity contribution in [1.29, 1.82) is 0 Å². The van der Waals surface area contributed by atoms with Crippen LogP contribution in [0.1, 0.15) is 37.4 Å². The van der Waals surface area contributed by atoms with E-state index >= 15 is 0 Å². The Labute approximate surface area is 181 Å². The number of carbonyl (C=O) groups excluding carboxylic acids is 2. The first-order valence-corrected chi connectivity index (χ1v) is 10.6. The van der Waals surface area contributed by atoms with E-state index in [4.69, 9.17) is 4.74 Å². The number of para-hydroxylation sites is 2. The van der Waals surface area contributed by atoms with Gasteiger partial charge >= 0.3 is 5.97 Å². The molecule has 6 heteroatoms. The molecule has 1 aliphatic rings. The molecule has 1 aromatic heterocycles. The van der Waals surface area contributed by atoms with Crippen LogP contribution in [-0.2, 0) is 26.2 Å². The summed E-state index contributed by atoms with van der Waals surface area (Å²) in [6.07, 6.45) is 4.98. The van der Waals surface area contributed by atoms with Crippen molar-refractivity contribution in [2.75, 3.05) is 11.5 Å². The van der Waals surface area contributed by atoms with Crippen molar-refractivity contribution in [2.24, 2.45) is 0 Å². The molecule has 1 amide bonds. The summed E-state index contributed by atoms with van der Waals surface area (Å²) in [5.41, 5.74) is 2.65. The lowest BCUT2D eigenvalue weighted by atomic mass is 9.73. The van der Waals surface area contributed by atoms with Crippen molar-refractivity contribution >= 4 is 23.3 Å².